The summed E-state index contributed by atoms with van der Waals surface area (Å²) in [5.74, 6) is 0.253. The highest BCUT2D eigenvalue weighted by Crippen LogP contribution is 2.65. The molecule has 0 aromatic carbocycles. The number of likely N-dealkylation sites (tertiary alicyclic amines) is 1. The van der Waals surface area contributed by atoms with Crippen molar-refractivity contribution in [2.75, 3.05) is 13.7 Å². The molecule has 0 spiro atoms. The molecule has 1 saturated heterocycles. The Morgan fingerprint density at radius 1 is 1.21 bits per heavy atom. The summed E-state index contributed by atoms with van der Waals surface area (Å²) in [6.07, 6.45) is 5.38. The van der Waals surface area contributed by atoms with Gasteiger partial charge in [0.05, 0.1) is 18.9 Å². The number of amides is 2. The number of allylic oxidation sites excluding steroid dienone is 2. The molecule has 19 heavy (non-hydrogen) atoms. The molecule has 0 radical (unpaired) electrons. The van der Waals surface area contributed by atoms with Gasteiger partial charge >= 0.3 is 5.97 Å². The van der Waals surface area contributed by atoms with Crippen LogP contribution >= 0.6 is 0 Å². The molecule has 5 heteroatoms. The molecule has 1 aliphatic heterocycles. The molecule has 0 aromatic heterocycles. The third-order valence-electron chi connectivity index (χ3n) is 5.27. The molecule has 3 fully saturated rings. The van der Waals surface area contributed by atoms with Crippen LogP contribution in [0.3, 0.4) is 0 Å². The second-order valence-electron chi connectivity index (χ2n) is 5.99. The highest BCUT2D eigenvalue weighted by molar-refractivity contribution is 6.07. The molecule has 2 bridgehead atoms. The molecule has 1 heterocycles. The Morgan fingerprint density at radius 2 is 1.74 bits per heavy atom. The number of nitrogens with zero attached hydrogens (tertiary/aromatic N) is 1. The molecule has 5 nitrogen and oxygen atoms in total. The van der Waals surface area contributed by atoms with Crippen LogP contribution in [0.15, 0.2) is 12.2 Å². The van der Waals surface area contributed by atoms with Crippen LogP contribution in [0.1, 0.15) is 6.42 Å². The van der Waals surface area contributed by atoms with Gasteiger partial charge in [-0.15, -0.1) is 0 Å². The number of carbonyl (C=O) groups excluding carboxylic acids is 3. The molecule has 5 rings (SSSR count). The van der Waals surface area contributed by atoms with Gasteiger partial charge in [0.25, 0.3) is 0 Å². The fourth-order valence-electron chi connectivity index (χ4n) is 4.37. The normalized spacial score (nSPS) is 45.2. The molecule has 100 valence electrons. The highest BCUT2D eigenvalue weighted by atomic mass is 16.5. The Labute approximate surface area is 110 Å². The zero-order valence-corrected chi connectivity index (χ0v) is 10.6. The average Bonchev–Trinajstić information content (AvgIpc) is 3.20. The number of methoxy groups -OCH3 is 1. The van der Waals surface area contributed by atoms with Gasteiger partial charge in [0.2, 0.25) is 11.8 Å². The van der Waals surface area contributed by atoms with E-state index in [1.807, 2.05) is 0 Å². The maximum Gasteiger partial charge on any atom is 0.325 e. The van der Waals surface area contributed by atoms with E-state index in [1.54, 1.807) is 0 Å². The van der Waals surface area contributed by atoms with Gasteiger partial charge in [0.15, 0.2) is 0 Å². The van der Waals surface area contributed by atoms with Crippen LogP contribution in [0.4, 0.5) is 0 Å². The lowest BCUT2D eigenvalue weighted by atomic mass is 9.63. The van der Waals surface area contributed by atoms with E-state index >= 15 is 0 Å². The maximum absolute atomic E-state index is 12.4. The topological polar surface area (TPSA) is 63.7 Å². The maximum atomic E-state index is 12.4. The predicted octanol–water partition coefficient (Wildman–Crippen LogP) is 0.212. The molecular formula is C14H15NO4. The van der Waals surface area contributed by atoms with Crippen molar-refractivity contribution in [3.05, 3.63) is 12.2 Å². The van der Waals surface area contributed by atoms with E-state index < -0.39 is 5.97 Å². The first-order valence-corrected chi connectivity index (χ1v) is 6.74. The van der Waals surface area contributed by atoms with Crippen LogP contribution in [0.5, 0.6) is 0 Å². The lowest BCUT2D eigenvalue weighted by Crippen LogP contribution is -2.40. The largest absolute Gasteiger partial charge is 0.468 e. The van der Waals surface area contributed by atoms with E-state index in [2.05, 4.69) is 16.9 Å². The van der Waals surface area contributed by atoms with Gasteiger partial charge in [-0.05, 0) is 30.1 Å². The molecule has 4 aliphatic carbocycles. The van der Waals surface area contributed by atoms with Gasteiger partial charge in [-0.25, -0.2) is 0 Å². The summed E-state index contributed by atoms with van der Waals surface area (Å²) >= 11 is 0. The van der Waals surface area contributed by atoms with Gasteiger partial charge in [-0.2, -0.15) is 0 Å². The van der Waals surface area contributed by atoms with Gasteiger partial charge in [0, 0.05) is 0 Å². The molecule has 6 atom stereocenters. The first-order valence-electron chi connectivity index (χ1n) is 6.74. The summed E-state index contributed by atoms with van der Waals surface area (Å²) in [6.45, 7) is -0.240. The Morgan fingerprint density at radius 3 is 2.21 bits per heavy atom. The second-order valence-corrected chi connectivity index (χ2v) is 5.99. The minimum absolute atomic E-state index is 0.176. The van der Waals surface area contributed by atoms with Crippen LogP contribution < -0.4 is 0 Å². The molecule has 0 unspecified atom stereocenters. The van der Waals surface area contributed by atoms with E-state index in [0.29, 0.717) is 11.8 Å². The number of carbonyl (C=O) groups is 3. The third-order valence-corrected chi connectivity index (χ3v) is 5.27. The van der Waals surface area contributed by atoms with Crippen molar-refractivity contribution in [2.24, 2.45) is 35.5 Å². The minimum Gasteiger partial charge on any atom is -0.468 e. The summed E-state index contributed by atoms with van der Waals surface area (Å²) in [5.41, 5.74) is 0. The van der Waals surface area contributed by atoms with Crippen molar-refractivity contribution in [2.45, 2.75) is 6.42 Å². The molecule has 2 saturated carbocycles. The van der Waals surface area contributed by atoms with Gasteiger partial charge in [-0.1, -0.05) is 12.2 Å². The predicted molar refractivity (Wildman–Crippen MR) is 63.4 cm³/mol. The van der Waals surface area contributed by atoms with Gasteiger partial charge < -0.3 is 4.74 Å². The Hall–Kier alpha value is -1.65. The van der Waals surface area contributed by atoms with E-state index in [-0.39, 0.29) is 42.0 Å². The third kappa shape index (κ3) is 1.28. The Kier molecular flexibility index (Phi) is 2.04. The summed E-state index contributed by atoms with van der Waals surface area (Å²) in [7, 11) is 1.26. The molecule has 5 aliphatic rings. The lowest BCUT2D eigenvalue weighted by molar-refractivity contribution is -0.151. The smallest absolute Gasteiger partial charge is 0.325 e. The van der Waals surface area contributed by atoms with Crippen molar-refractivity contribution in [3.8, 4) is 0 Å². The Balaban J connectivity index is 1.66. The molecule has 0 aromatic rings. The Bertz CT molecular complexity index is 490. The lowest BCUT2D eigenvalue weighted by Gasteiger charge is -2.37. The van der Waals surface area contributed by atoms with Crippen molar-refractivity contribution in [3.63, 3.8) is 0 Å². The van der Waals surface area contributed by atoms with Crippen LogP contribution in [-0.2, 0) is 19.1 Å². The van der Waals surface area contributed by atoms with E-state index in [0.717, 1.165) is 11.3 Å². The second kappa shape index (κ2) is 3.46. The molecular weight excluding hydrogens is 246 g/mol. The van der Waals surface area contributed by atoms with Crippen molar-refractivity contribution in [1.82, 2.24) is 4.90 Å². The van der Waals surface area contributed by atoms with Crippen LogP contribution in [-0.4, -0.2) is 36.3 Å². The van der Waals surface area contributed by atoms with Crippen LogP contribution in [0.2, 0.25) is 0 Å². The standard InChI is InChI=1S/C14H15NO4/c1-19-10(16)5-15-13(17)11-6-2-3-7(9-4-8(6)9)12(11)14(15)18/h2-3,6-9,11-12H,4-5H2,1H3/t6-,7+,8-,9-,11+,12-/m1/s1. The van der Waals surface area contributed by atoms with Crippen LogP contribution in [0.25, 0.3) is 0 Å². The zero-order chi connectivity index (χ0) is 13.3. The number of ether oxygens (including phenoxy) is 1. The number of imide groups is 1. The van der Waals surface area contributed by atoms with Gasteiger partial charge in [0.1, 0.15) is 6.54 Å². The number of hydrogen-bond acceptors (Lipinski definition) is 4. The summed E-state index contributed by atoms with van der Waals surface area (Å²) in [5, 5.41) is 0. The van der Waals surface area contributed by atoms with Crippen molar-refractivity contribution >= 4 is 17.8 Å². The zero-order valence-electron chi connectivity index (χ0n) is 10.6. The first-order chi connectivity index (χ1) is 9.13. The average molecular weight is 261 g/mol. The molecule has 2 amide bonds. The SMILES string of the molecule is COC(=O)CN1C(=O)[C@@H]2[C@H]3C=C[C@H]([C@H]4C[C@H]34)[C@@H]2C1=O. The monoisotopic (exact) mass is 261 g/mol. The summed E-state index contributed by atoms with van der Waals surface area (Å²) in [4.78, 5) is 37.3. The summed E-state index contributed by atoms with van der Waals surface area (Å²) < 4.78 is 4.56. The molecule has 0 N–H and O–H groups in total. The number of esters is 1. The fourth-order valence-corrected chi connectivity index (χ4v) is 4.37. The van der Waals surface area contributed by atoms with Gasteiger partial charge in [-0.3, -0.25) is 19.3 Å². The van der Waals surface area contributed by atoms with E-state index in [4.69, 9.17) is 0 Å². The quantitative estimate of drug-likeness (QED) is 0.405. The highest BCUT2D eigenvalue weighted by Gasteiger charge is 2.67. The number of hydrogen-bond donors (Lipinski definition) is 0. The van der Waals surface area contributed by atoms with Crippen LogP contribution in [0, 0.1) is 35.5 Å². The summed E-state index contributed by atoms with van der Waals surface area (Å²) in [6, 6.07) is 0. The fraction of sp³-hybridized carbons (Fsp3) is 0.643. The van der Waals surface area contributed by atoms with Crippen molar-refractivity contribution in [1.29, 1.82) is 0 Å². The first kappa shape index (κ1) is 11.2. The number of rotatable bonds is 2. The van der Waals surface area contributed by atoms with E-state index in [9.17, 15) is 14.4 Å². The van der Waals surface area contributed by atoms with Crippen molar-refractivity contribution < 1.29 is 19.1 Å². The minimum atomic E-state index is -0.536. The van der Waals surface area contributed by atoms with E-state index in [1.165, 1.54) is 7.11 Å².